The lowest BCUT2D eigenvalue weighted by molar-refractivity contribution is 0.399. The molecule has 2 aromatic carbocycles. The Labute approximate surface area is 148 Å². The summed E-state index contributed by atoms with van der Waals surface area (Å²) in [6.07, 6.45) is 4.94. The zero-order chi connectivity index (χ0) is 17.4. The maximum absolute atomic E-state index is 13.7. The number of nitrogens with one attached hydrogen (secondary N) is 1. The fourth-order valence-corrected chi connectivity index (χ4v) is 4.03. The fourth-order valence-electron chi connectivity index (χ4n) is 4.03. The van der Waals surface area contributed by atoms with E-state index in [9.17, 15) is 4.39 Å². The lowest BCUT2D eigenvalue weighted by Crippen LogP contribution is -2.19. The highest BCUT2D eigenvalue weighted by Crippen LogP contribution is 2.41. The summed E-state index contributed by atoms with van der Waals surface area (Å²) >= 11 is 0. The topological polar surface area (TPSA) is 25.2 Å². The smallest absolute Gasteiger partial charge is 0.134 e. The average Bonchev–Trinajstić information content (AvgIpc) is 3.24. The Morgan fingerprint density at radius 2 is 1.76 bits per heavy atom. The summed E-state index contributed by atoms with van der Waals surface area (Å²) in [5.74, 6) is 1.28. The molecule has 1 atom stereocenters. The van der Waals surface area contributed by atoms with Crippen LogP contribution < -0.4 is 5.32 Å². The third-order valence-corrected chi connectivity index (χ3v) is 5.46. The second-order valence-corrected chi connectivity index (χ2v) is 7.26. The molecule has 1 fully saturated rings. The molecule has 0 saturated heterocycles. The number of anilines is 1. The van der Waals surface area contributed by atoms with Crippen LogP contribution in [0.5, 0.6) is 0 Å². The van der Waals surface area contributed by atoms with Crippen molar-refractivity contribution in [3.63, 3.8) is 0 Å². The van der Waals surface area contributed by atoms with Gasteiger partial charge in [0.25, 0.3) is 0 Å². The standard InChI is InChI=1S/C22H24FNO/c1-14-7-10-18(11-8-14)24-21(16-5-3-4-6-16)22-15(2)19-13-17(23)9-12-20(19)25-22/h7-13,16,21,24H,3-6H2,1-2H3. The zero-order valence-corrected chi connectivity index (χ0v) is 14.8. The average molecular weight is 337 g/mol. The van der Waals surface area contributed by atoms with Crippen molar-refractivity contribution in [2.24, 2.45) is 5.92 Å². The van der Waals surface area contributed by atoms with Crippen molar-refractivity contribution < 1.29 is 8.81 Å². The molecular formula is C22H24FNO. The first kappa shape index (κ1) is 16.2. The van der Waals surface area contributed by atoms with Crippen LogP contribution in [0, 0.1) is 25.6 Å². The van der Waals surface area contributed by atoms with E-state index in [1.165, 1.54) is 37.3 Å². The van der Waals surface area contributed by atoms with Gasteiger partial charge in [0.2, 0.25) is 0 Å². The number of halogens is 1. The van der Waals surface area contributed by atoms with Gasteiger partial charge in [-0.3, -0.25) is 0 Å². The van der Waals surface area contributed by atoms with Crippen molar-refractivity contribution in [1.29, 1.82) is 0 Å². The first-order valence-electron chi connectivity index (χ1n) is 9.13. The molecule has 0 amide bonds. The largest absolute Gasteiger partial charge is 0.459 e. The highest BCUT2D eigenvalue weighted by Gasteiger charge is 2.30. The van der Waals surface area contributed by atoms with Crippen molar-refractivity contribution in [2.45, 2.75) is 45.6 Å². The summed E-state index contributed by atoms with van der Waals surface area (Å²) in [5, 5.41) is 4.57. The van der Waals surface area contributed by atoms with Crippen LogP contribution in [0.1, 0.15) is 48.6 Å². The van der Waals surface area contributed by atoms with Gasteiger partial charge < -0.3 is 9.73 Å². The second-order valence-electron chi connectivity index (χ2n) is 7.26. The van der Waals surface area contributed by atoms with E-state index in [-0.39, 0.29) is 11.9 Å². The van der Waals surface area contributed by atoms with E-state index in [0.29, 0.717) is 5.92 Å². The van der Waals surface area contributed by atoms with Gasteiger partial charge in [-0.05, 0) is 62.9 Å². The minimum absolute atomic E-state index is 0.126. The van der Waals surface area contributed by atoms with Crippen molar-refractivity contribution in [2.75, 3.05) is 5.32 Å². The Morgan fingerprint density at radius 1 is 1.04 bits per heavy atom. The number of hydrogen-bond acceptors (Lipinski definition) is 2. The number of benzene rings is 2. The zero-order valence-electron chi connectivity index (χ0n) is 14.8. The van der Waals surface area contributed by atoms with E-state index in [4.69, 9.17) is 4.42 Å². The van der Waals surface area contributed by atoms with E-state index in [1.54, 1.807) is 12.1 Å². The number of aryl methyl sites for hydroxylation is 2. The molecule has 1 N–H and O–H groups in total. The summed E-state index contributed by atoms with van der Waals surface area (Å²) in [5.41, 5.74) is 4.17. The molecule has 130 valence electrons. The normalized spacial score (nSPS) is 16.4. The van der Waals surface area contributed by atoms with Gasteiger partial charge in [-0.25, -0.2) is 4.39 Å². The van der Waals surface area contributed by atoms with Gasteiger partial charge in [0.05, 0.1) is 6.04 Å². The second kappa shape index (κ2) is 6.55. The highest BCUT2D eigenvalue weighted by molar-refractivity contribution is 5.82. The Balaban J connectivity index is 1.75. The summed E-state index contributed by atoms with van der Waals surface area (Å²) in [6, 6.07) is 13.4. The van der Waals surface area contributed by atoms with E-state index in [2.05, 4.69) is 36.5 Å². The molecule has 3 aromatic rings. The van der Waals surface area contributed by atoms with Crippen LogP contribution in [0.2, 0.25) is 0 Å². The number of furan rings is 1. The monoisotopic (exact) mass is 337 g/mol. The molecule has 2 nitrogen and oxygen atoms in total. The van der Waals surface area contributed by atoms with Gasteiger partial charge >= 0.3 is 0 Å². The van der Waals surface area contributed by atoms with Gasteiger partial charge in [-0.1, -0.05) is 30.5 Å². The van der Waals surface area contributed by atoms with E-state index < -0.39 is 0 Å². The molecule has 3 heteroatoms. The molecular weight excluding hydrogens is 313 g/mol. The van der Waals surface area contributed by atoms with Crippen molar-refractivity contribution >= 4 is 16.7 Å². The molecule has 1 unspecified atom stereocenters. The SMILES string of the molecule is Cc1ccc(NC(c2oc3ccc(F)cc3c2C)C2CCCC2)cc1. The van der Waals surface area contributed by atoms with Gasteiger partial charge in [-0.2, -0.15) is 0 Å². The summed E-state index contributed by atoms with van der Waals surface area (Å²) in [4.78, 5) is 0. The first-order chi connectivity index (χ1) is 12.1. The maximum atomic E-state index is 13.7. The molecule has 1 saturated carbocycles. The van der Waals surface area contributed by atoms with Crippen molar-refractivity contribution in [3.8, 4) is 0 Å². The molecule has 4 rings (SSSR count). The Kier molecular flexibility index (Phi) is 4.24. The summed E-state index contributed by atoms with van der Waals surface area (Å²) in [7, 11) is 0. The lowest BCUT2D eigenvalue weighted by Gasteiger charge is -2.25. The van der Waals surface area contributed by atoms with Crippen LogP contribution in [0.15, 0.2) is 46.9 Å². The molecule has 0 aliphatic heterocycles. The lowest BCUT2D eigenvalue weighted by atomic mass is 9.93. The number of hydrogen-bond donors (Lipinski definition) is 1. The molecule has 1 heterocycles. The Bertz CT molecular complexity index is 875. The van der Waals surface area contributed by atoms with Gasteiger partial charge in [0.1, 0.15) is 17.2 Å². The predicted octanol–water partition coefficient (Wildman–Crippen LogP) is 6.53. The van der Waals surface area contributed by atoms with Gasteiger partial charge in [-0.15, -0.1) is 0 Å². The number of rotatable bonds is 4. The van der Waals surface area contributed by atoms with Crippen LogP contribution in [0.25, 0.3) is 11.0 Å². The van der Waals surface area contributed by atoms with Gasteiger partial charge in [0.15, 0.2) is 0 Å². The summed E-state index contributed by atoms with van der Waals surface area (Å²) < 4.78 is 19.9. The Morgan fingerprint density at radius 3 is 2.48 bits per heavy atom. The van der Waals surface area contributed by atoms with Crippen LogP contribution in [-0.4, -0.2) is 0 Å². The minimum atomic E-state index is -0.216. The van der Waals surface area contributed by atoms with Crippen molar-refractivity contribution in [1.82, 2.24) is 0 Å². The highest BCUT2D eigenvalue weighted by atomic mass is 19.1. The first-order valence-corrected chi connectivity index (χ1v) is 9.13. The quantitative estimate of drug-likeness (QED) is 0.585. The molecule has 0 spiro atoms. The molecule has 1 aliphatic carbocycles. The molecule has 1 aromatic heterocycles. The molecule has 1 aliphatic rings. The third kappa shape index (κ3) is 3.15. The van der Waals surface area contributed by atoms with Crippen molar-refractivity contribution in [3.05, 3.63) is 65.2 Å². The summed E-state index contributed by atoms with van der Waals surface area (Å²) in [6.45, 7) is 4.13. The third-order valence-electron chi connectivity index (χ3n) is 5.46. The molecule has 0 bridgehead atoms. The minimum Gasteiger partial charge on any atom is -0.459 e. The van der Waals surface area contributed by atoms with Gasteiger partial charge in [0, 0.05) is 16.6 Å². The Hall–Kier alpha value is -2.29. The van der Waals surface area contributed by atoms with E-state index in [1.807, 2.05) is 6.92 Å². The number of fused-ring (bicyclic) bond motifs is 1. The molecule has 0 radical (unpaired) electrons. The van der Waals surface area contributed by atoms with Crippen LogP contribution >= 0.6 is 0 Å². The maximum Gasteiger partial charge on any atom is 0.134 e. The predicted molar refractivity (Wildman–Crippen MR) is 100 cm³/mol. The van der Waals surface area contributed by atoms with Crippen LogP contribution in [0.3, 0.4) is 0 Å². The van der Waals surface area contributed by atoms with Crippen LogP contribution in [-0.2, 0) is 0 Å². The fraction of sp³-hybridized carbons (Fsp3) is 0.364. The van der Waals surface area contributed by atoms with E-state index in [0.717, 1.165) is 28.0 Å². The van der Waals surface area contributed by atoms with Crippen LogP contribution in [0.4, 0.5) is 10.1 Å². The van der Waals surface area contributed by atoms with E-state index >= 15 is 0 Å². The molecule has 25 heavy (non-hydrogen) atoms.